The molecule has 0 saturated carbocycles. The monoisotopic (exact) mass is 409 g/mol. The lowest BCUT2D eigenvalue weighted by Gasteiger charge is -2.30. The molecule has 1 N–H and O–H groups in total. The number of rotatable bonds is 4. The number of amides is 2. The lowest BCUT2D eigenvalue weighted by atomic mass is 9.87. The van der Waals surface area contributed by atoms with Crippen molar-refractivity contribution in [1.29, 1.82) is 0 Å². The number of carbonyl (C=O) groups excluding carboxylic acids is 2. The van der Waals surface area contributed by atoms with E-state index in [1.807, 2.05) is 30.9 Å². The fourth-order valence-electron chi connectivity index (χ4n) is 4.35. The van der Waals surface area contributed by atoms with Crippen molar-refractivity contribution >= 4 is 29.3 Å². The number of carbonyl (C=O) groups is 2. The molecule has 152 valence electrons. The summed E-state index contributed by atoms with van der Waals surface area (Å²) in [6, 6.07) is 10.4. The SMILES string of the molecule is Cc1cc(C)c2c(n1)SCCN2C(=O)CCC(=O)N[C@H]1CCCc2ccccc21. The summed E-state index contributed by atoms with van der Waals surface area (Å²) < 4.78 is 0. The Bertz CT molecular complexity index is 944. The van der Waals surface area contributed by atoms with Gasteiger partial charge in [-0.3, -0.25) is 9.59 Å². The summed E-state index contributed by atoms with van der Waals surface area (Å²) in [4.78, 5) is 31.9. The van der Waals surface area contributed by atoms with Crippen molar-refractivity contribution in [2.75, 3.05) is 17.2 Å². The molecule has 2 heterocycles. The quantitative estimate of drug-likeness (QED) is 0.825. The number of hydrogen-bond acceptors (Lipinski definition) is 4. The Kier molecular flexibility index (Phi) is 5.90. The second-order valence-corrected chi connectivity index (χ2v) is 8.92. The number of anilines is 1. The van der Waals surface area contributed by atoms with Crippen LogP contribution in [0.5, 0.6) is 0 Å². The van der Waals surface area contributed by atoms with Crippen LogP contribution in [-0.2, 0) is 16.0 Å². The molecule has 0 saturated heterocycles. The molecular formula is C23H27N3O2S. The van der Waals surface area contributed by atoms with Gasteiger partial charge in [-0.25, -0.2) is 4.98 Å². The fraction of sp³-hybridized carbons (Fsp3) is 0.435. The number of aromatic nitrogens is 1. The average Bonchev–Trinajstić information content (AvgIpc) is 2.71. The number of nitrogens with zero attached hydrogens (tertiary/aromatic N) is 2. The first-order valence-corrected chi connectivity index (χ1v) is 11.3. The maximum Gasteiger partial charge on any atom is 0.227 e. The number of benzene rings is 1. The Morgan fingerprint density at radius 2 is 2.07 bits per heavy atom. The van der Waals surface area contributed by atoms with E-state index in [0.29, 0.717) is 6.54 Å². The van der Waals surface area contributed by atoms with Gasteiger partial charge in [0, 0.05) is 30.8 Å². The first-order chi connectivity index (χ1) is 14.0. The average molecular weight is 410 g/mol. The Morgan fingerprint density at radius 3 is 2.93 bits per heavy atom. The predicted octanol–water partition coefficient (Wildman–Crippen LogP) is 4.11. The minimum Gasteiger partial charge on any atom is -0.349 e. The van der Waals surface area contributed by atoms with Crippen LogP contribution in [0.2, 0.25) is 0 Å². The zero-order chi connectivity index (χ0) is 20.4. The van der Waals surface area contributed by atoms with Crippen molar-refractivity contribution in [3.63, 3.8) is 0 Å². The van der Waals surface area contributed by atoms with Crippen molar-refractivity contribution in [1.82, 2.24) is 10.3 Å². The fourth-order valence-corrected chi connectivity index (χ4v) is 5.43. The van der Waals surface area contributed by atoms with Crippen LogP contribution in [0.4, 0.5) is 5.69 Å². The normalized spacial score (nSPS) is 18.0. The standard InChI is InChI=1S/C23H27N3O2S/c1-15-14-16(2)24-23-22(15)26(12-13-29-23)21(28)11-10-20(27)25-19-9-5-7-17-6-3-4-8-18(17)19/h3-4,6,8,14,19H,5,7,9-13H2,1-2H3,(H,25,27)/t19-/m0/s1. The lowest BCUT2D eigenvalue weighted by molar-refractivity contribution is -0.125. The molecule has 1 atom stereocenters. The van der Waals surface area contributed by atoms with E-state index >= 15 is 0 Å². The highest BCUT2D eigenvalue weighted by Gasteiger charge is 2.27. The van der Waals surface area contributed by atoms with E-state index in [9.17, 15) is 9.59 Å². The molecule has 0 spiro atoms. The lowest BCUT2D eigenvalue weighted by Crippen LogP contribution is -2.37. The first-order valence-electron chi connectivity index (χ1n) is 10.3. The van der Waals surface area contributed by atoms with Crippen LogP contribution in [0.25, 0.3) is 0 Å². The molecule has 0 radical (unpaired) electrons. The van der Waals surface area contributed by atoms with Gasteiger partial charge >= 0.3 is 0 Å². The molecule has 4 rings (SSSR count). The number of hydrogen-bond donors (Lipinski definition) is 1. The van der Waals surface area contributed by atoms with Crippen molar-refractivity contribution < 1.29 is 9.59 Å². The molecule has 5 nitrogen and oxygen atoms in total. The largest absolute Gasteiger partial charge is 0.349 e. The molecule has 29 heavy (non-hydrogen) atoms. The highest BCUT2D eigenvalue weighted by molar-refractivity contribution is 7.99. The van der Waals surface area contributed by atoms with Gasteiger partial charge in [-0.05, 0) is 55.9 Å². The van der Waals surface area contributed by atoms with Crippen LogP contribution in [0.3, 0.4) is 0 Å². The molecule has 2 aromatic rings. The summed E-state index contributed by atoms with van der Waals surface area (Å²) in [7, 11) is 0. The van der Waals surface area contributed by atoms with E-state index in [1.165, 1.54) is 11.1 Å². The molecule has 6 heteroatoms. The van der Waals surface area contributed by atoms with E-state index in [-0.39, 0.29) is 30.7 Å². The van der Waals surface area contributed by atoms with E-state index in [0.717, 1.165) is 47.0 Å². The van der Waals surface area contributed by atoms with Crippen LogP contribution in [-0.4, -0.2) is 29.1 Å². The second-order valence-electron chi connectivity index (χ2n) is 7.84. The van der Waals surface area contributed by atoms with E-state index in [1.54, 1.807) is 11.8 Å². The smallest absolute Gasteiger partial charge is 0.227 e. The molecule has 0 bridgehead atoms. The van der Waals surface area contributed by atoms with Crippen LogP contribution < -0.4 is 10.2 Å². The Morgan fingerprint density at radius 1 is 1.24 bits per heavy atom. The Balaban J connectivity index is 1.38. The maximum absolute atomic E-state index is 12.9. The molecule has 1 aromatic carbocycles. The van der Waals surface area contributed by atoms with Crippen LogP contribution in [0.1, 0.15) is 54.1 Å². The number of thioether (sulfide) groups is 1. The predicted molar refractivity (Wildman–Crippen MR) is 116 cm³/mol. The van der Waals surface area contributed by atoms with Gasteiger partial charge in [0.05, 0.1) is 11.7 Å². The van der Waals surface area contributed by atoms with Crippen LogP contribution >= 0.6 is 11.8 Å². The maximum atomic E-state index is 12.9. The van der Waals surface area contributed by atoms with Crippen molar-refractivity contribution in [2.45, 2.75) is 57.0 Å². The van der Waals surface area contributed by atoms with Gasteiger partial charge in [0.2, 0.25) is 11.8 Å². The highest BCUT2D eigenvalue weighted by atomic mass is 32.2. The Hall–Kier alpha value is -2.34. The number of aryl methyl sites for hydroxylation is 3. The summed E-state index contributed by atoms with van der Waals surface area (Å²) in [6.07, 6.45) is 3.54. The molecular weight excluding hydrogens is 382 g/mol. The van der Waals surface area contributed by atoms with Gasteiger partial charge in [-0.15, -0.1) is 11.8 Å². The number of fused-ring (bicyclic) bond motifs is 2. The van der Waals surface area contributed by atoms with Gasteiger partial charge in [0.1, 0.15) is 5.03 Å². The summed E-state index contributed by atoms with van der Waals surface area (Å²) in [5, 5.41) is 4.07. The minimum atomic E-state index is -0.0505. The van der Waals surface area contributed by atoms with Crippen molar-refractivity contribution in [3.05, 3.63) is 52.7 Å². The summed E-state index contributed by atoms with van der Waals surface area (Å²) in [5.41, 5.74) is 5.49. The van der Waals surface area contributed by atoms with E-state index in [4.69, 9.17) is 0 Å². The minimum absolute atomic E-state index is 0.000465. The topological polar surface area (TPSA) is 62.3 Å². The van der Waals surface area contributed by atoms with Gasteiger partial charge in [0.25, 0.3) is 0 Å². The summed E-state index contributed by atoms with van der Waals surface area (Å²) >= 11 is 1.70. The zero-order valence-electron chi connectivity index (χ0n) is 17.0. The van der Waals surface area contributed by atoms with Crippen LogP contribution in [0.15, 0.2) is 35.4 Å². The van der Waals surface area contributed by atoms with Crippen molar-refractivity contribution in [2.24, 2.45) is 0 Å². The first kappa shape index (κ1) is 20.0. The molecule has 1 aromatic heterocycles. The molecule has 0 fully saturated rings. The number of nitrogens with one attached hydrogen (secondary N) is 1. The van der Waals surface area contributed by atoms with Crippen molar-refractivity contribution in [3.8, 4) is 0 Å². The highest BCUT2D eigenvalue weighted by Crippen LogP contribution is 2.36. The molecule has 2 amide bonds. The third kappa shape index (κ3) is 4.32. The third-order valence-electron chi connectivity index (χ3n) is 5.67. The van der Waals surface area contributed by atoms with E-state index in [2.05, 4.69) is 28.5 Å². The third-order valence-corrected chi connectivity index (χ3v) is 6.62. The molecule has 2 aliphatic rings. The van der Waals surface area contributed by atoms with Gasteiger partial charge in [-0.2, -0.15) is 0 Å². The van der Waals surface area contributed by atoms with Crippen LogP contribution in [0, 0.1) is 13.8 Å². The summed E-state index contributed by atoms with van der Waals surface area (Å²) in [6.45, 7) is 4.66. The van der Waals surface area contributed by atoms with E-state index < -0.39 is 0 Å². The molecule has 0 unspecified atom stereocenters. The molecule has 1 aliphatic carbocycles. The summed E-state index contributed by atoms with van der Waals surface area (Å²) in [5.74, 6) is 0.782. The second kappa shape index (κ2) is 8.57. The Labute approximate surface area is 176 Å². The molecule has 1 aliphatic heterocycles. The van der Waals surface area contributed by atoms with Gasteiger partial charge in [0.15, 0.2) is 0 Å². The van der Waals surface area contributed by atoms with Gasteiger partial charge in [-0.1, -0.05) is 24.3 Å². The van der Waals surface area contributed by atoms with Gasteiger partial charge < -0.3 is 10.2 Å². The zero-order valence-corrected chi connectivity index (χ0v) is 17.8. The number of pyridine rings is 1.